The van der Waals surface area contributed by atoms with Crippen LogP contribution in [0.2, 0.25) is 0 Å². The predicted octanol–water partition coefficient (Wildman–Crippen LogP) is 3.36. The SMILES string of the molecule is CCCCCCC(=O)Nc1cccc(C(=O)NCCCOC)c1. The molecule has 0 aliphatic heterocycles. The predicted molar refractivity (Wildman–Crippen MR) is 92.7 cm³/mol. The summed E-state index contributed by atoms with van der Waals surface area (Å²) in [6, 6.07) is 7.01. The number of rotatable bonds is 11. The fraction of sp³-hybridized carbons (Fsp3) is 0.556. The van der Waals surface area contributed by atoms with Crippen molar-refractivity contribution in [3.63, 3.8) is 0 Å². The Bertz CT molecular complexity index is 489. The molecule has 0 radical (unpaired) electrons. The van der Waals surface area contributed by atoms with E-state index in [4.69, 9.17) is 4.74 Å². The van der Waals surface area contributed by atoms with Crippen molar-refractivity contribution in [2.75, 3.05) is 25.6 Å². The van der Waals surface area contributed by atoms with E-state index in [0.29, 0.717) is 30.8 Å². The van der Waals surface area contributed by atoms with E-state index in [1.165, 1.54) is 0 Å². The molecule has 0 spiro atoms. The van der Waals surface area contributed by atoms with E-state index >= 15 is 0 Å². The maximum atomic E-state index is 12.0. The molecule has 1 aromatic rings. The standard InChI is InChI=1S/C18H28N2O3/c1-3-4-5-6-11-17(21)20-16-10-7-9-15(14-16)18(22)19-12-8-13-23-2/h7,9-10,14H,3-6,8,11-13H2,1-2H3,(H,19,22)(H,20,21). The molecule has 1 aromatic carbocycles. The van der Waals surface area contributed by atoms with Gasteiger partial charge < -0.3 is 15.4 Å². The third-order valence-electron chi connectivity index (χ3n) is 3.48. The van der Waals surface area contributed by atoms with Crippen LogP contribution in [0.4, 0.5) is 5.69 Å². The summed E-state index contributed by atoms with van der Waals surface area (Å²) in [4.78, 5) is 23.9. The van der Waals surface area contributed by atoms with Crippen molar-refractivity contribution >= 4 is 17.5 Å². The first kappa shape index (κ1) is 19.2. The van der Waals surface area contributed by atoms with Crippen molar-refractivity contribution < 1.29 is 14.3 Å². The van der Waals surface area contributed by atoms with E-state index in [1.54, 1.807) is 31.4 Å². The molecule has 2 amide bonds. The summed E-state index contributed by atoms with van der Waals surface area (Å²) >= 11 is 0. The van der Waals surface area contributed by atoms with Crippen LogP contribution in [0.1, 0.15) is 55.8 Å². The molecule has 5 nitrogen and oxygen atoms in total. The lowest BCUT2D eigenvalue weighted by Crippen LogP contribution is -2.25. The van der Waals surface area contributed by atoms with Gasteiger partial charge in [0.2, 0.25) is 5.91 Å². The topological polar surface area (TPSA) is 67.4 Å². The van der Waals surface area contributed by atoms with Crippen LogP contribution < -0.4 is 10.6 Å². The van der Waals surface area contributed by atoms with Crippen molar-refractivity contribution in [2.24, 2.45) is 0 Å². The van der Waals surface area contributed by atoms with Gasteiger partial charge in [-0.15, -0.1) is 0 Å². The second-order valence-corrected chi connectivity index (χ2v) is 5.54. The number of hydrogen-bond donors (Lipinski definition) is 2. The van der Waals surface area contributed by atoms with Crippen LogP contribution in [0, 0.1) is 0 Å². The lowest BCUT2D eigenvalue weighted by Gasteiger charge is -2.08. The summed E-state index contributed by atoms with van der Waals surface area (Å²) in [5, 5.41) is 5.68. The van der Waals surface area contributed by atoms with Crippen molar-refractivity contribution in [2.45, 2.75) is 45.4 Å². The van der Waals surface area contributed by atoms with Gasteiger partial charge in [-0.25, -0.2) is 0 Å². The van der Waals surface area contributed by atoms with Crippen LogP contribution in [-0.4, -0.2) is 32.1 Å². The molecule has 2 N–H and O–H groups in total. The summed E-state index contributed by atoms with van der Waals surface area (Å²) < 4.78 is 4.94. The number of amides is 2. The lowest BCUT2D eigenvalue weighted by molar-refractivity contribution is -0.116. The second-order valence-electron chi connectivity index (χ2n) is 5.54. The summed E-state index contributed by atoms with van der Waals surface area (Å²) in [5.41, 5.74) is 1.21. The molecule has 0 aliphatic carbocycles. The summed E-state index contributed by atoms with van der Waals surface area (Å²) in [5.74, 6) is -0.140. The van der Waals surface area contributed by atoms with Gasteiger partial charge in [-0.3, -0.25) is 9.59 Å². The highest BCUT2D eigenvalue weighted by Gasteiger charge is 2.07. The zero-order valence-corrected chi connectivity index (χ0v) is 14.2. The highest BCUT2D eigenvalue weighted by molar-refractivity contribution is 5.97. The van der Waals surface area contributed by atoms with Gasteiger partial charge in [0.05, 0.1) is 0 Å². The molecule has 0 saturated heterocycles. The van der Waals surface area contributed by atoms with Crippen LogP contribution in [0.5, 0.6) is 0 Å². The molecule has 0 aromatic heterocycles. The minimum absolute atomic E-state index is 0.00115. The fourth-order valence-electron chi connectivity index (χ4n) is 2.19. The molecule has 128 valence electrons. The maximum Gasteiger partial charge on any atom is 0.251 e. The first-order chi connectivity index (χ1) is 11.2. The molecule has 0 bridgehead atoms. The van der Waals surface area contributed by atoms with Gasteiger partial charge in [0, 0.05) is 37.9 Å². The molecular weight excluding hydrogens is 292 g/mol. The molecule has 0 atom stereocenters. The third-order valence-corrected chi connectivity index (χ3v) is 3.48. The molecule has 0 unspecified atom stereocenters. The number of ether oxygens (including phenoxy) is 1. The Labute approximate surface area is 138 Å². The monoisotopic (exact) mass is 320 g/mol. The lowest BCUT2D eigenvalue weighted by atomic mass is 10.1. The Kier molecular flexibility index (Phi) is 9.71. The summed E-state index contributed by atoms with van der Waals surface area (Å²) in [6.07, 6.45) is 5.59. The first-order valence-electron chi connectivity index (χ1n) is 8.34. The minimum atomic E-state index is -0.139. The van der Waals surface area contributed by atoms with Crippen molar-refractivity contribution in [3.8, 4) is 0 Å². The van der Waals surface area contributed by atoms with Gasteiger partial charge in [0.15, 0.2) is 0 Å². The minimum Gasteiger partial charge on any atom is -0.385 e. The van der Waals surface area contributed by atoms with Gasteiger partial charge in [-0.1, -0.05) is 32.3 Å². The van der Waals surface area contributed by atoms with E-state index in [0.717, 1.165) is 32.1 Å². The Morgan fingerprint density at radius 3 is 2.70 bits per heavy atom. The van der Waals surface area contributed by atoms with Crippen LogP contribution in [0.25, 0.3) is 0 Å². The van der Waals surface area contributed by atoms with E-state index in [-0.39, 0.29) is 11.8 Å². The third kappa shape index (κ3) is 8.35. The molecule has 1 rings (SSSR count). The number of benzene rings is 1. The highest BCUT2D eigenvalue weighted by atomic mass is 16.5. The largest absolute Gasteiger partial charge is 0.385 e. The Morgan fingerprint density at radius 1 is 1.13 bits per heavy atom. The van der Waals surface area contributed by atoms with Gasteiger partial charge in [0.1, 0.15) is 0 Å². The molecule has 23 heavy (non-hydrogen) atoms. The average Bonchev–Trinajstić information content (AvgIpc) is 2.55. The Balaban J connectivity index is 2.43. The number of methoxy groups -OCH3 is 1. The van der Waals surface area contributed by atoms with Crippen LogP contribution in [-0.2, 0) is 9.53 Å². The number of carbonyl (C=O) groups excluding carboxylic acids is 2. The van der Waals surface area contributed by atoms with Gasteiger partial charge in [-0.2, -0.15) is 0 Å². The normalized spacial score (nSPS) is 10.3. The Morgan fingerprint density at radius 2 is 1.96 bits per heavy atom. The molecule has 0 aliphatic rings. The number of carbonyl (C=O) groups is 2. The van der Waals surface area contributed by atoms with Crippen molar-refractivity contribution in [1.82, 2.24) is 5.32 Å². The van der Waals surface area contributed by atoms with E-state index in [2.05, 4.69) is 17.6 Å². The van der Waals surface area contributed by atoms with E-state index in [1.807, 2.05) is 0 Å². The van der Waals surface area contributed by atoms with Crippen LogP contribution >= 0.6 is 0 Å². The Hall–Kier alpha value is -1.88. The molecule has 5 heteroatoms. The molecule has 0 saturated carbocycles. The molecular formula is C18H28N2O3. The van der Waals surface area contributed by atoms with Crippen molar-refractivity contribution in [1.29, 1.82) is 0 Å². The van der Waals surface area contributed by atoms with Crippen LogP contribution in [0.3, 0.4) is 0 Å². The summed E-state index contributed by atoms with van der Waals surface area (Å²) in [6.45, 7) is 3.33. The van der Waals surface area contributed by atoms with E-state index < -0.39 is 0 Å². The van der Waals surface area contributed by atoms with Crippen LogP contribution in [0.15, 0.2) is 24.3 Å². The second kappa shape index (κ2) is 11.7. The zero-order valence-electron chi connectivity index (χ0n) is 14.2. The van der Waals surface area contributed by atoms with Crippen molar-refractivity contribution in [3.05, 3.63) is 29.8 Å². The highest BCUT2D eigenvalue weighted by Crippen LogP contribution is 2.12. The number of nitrogens with one attached hydrogen (secondary N) is 2. The summed E-state index contributed by atoms with van der Waals surface area (Å²) in [7, 11) is 1.64. The first-order valence-corrected chi connectivity index (χ1v) is 8.34. The maximum absolute atomic E-state index is 12.0. The smallest absolute Gasteiger partial charge is 0.251 e. The molecule has 0 fully saturated rings. The van der Waals surface area contributed by atoms with Gasteiger partial charge >= 0.3 is 0 Å². The number of anilines is 1. The fourth-order valence-corrected chi connectivity index (χ4v) is 2.19. The number of unbranched alkanes of at least 4 members (excludes halogenated alkanes) is 3. The average molecular weight is 320 g/mol. The van der Waals surface area contributed by atoms with E-state index in [9.17, 15) is 9.59 Å². The number of hydrogen-bond acceptors (Lipinski definition) is 3. The quantitative estimate of drug-likeness (QED) is 0.614. The molecule has 0 heterocycles. The zero-order chi connectivity index (χ0) is 16.9. The van der Waals surface area contributed by atoms with Gasteiger partial charge in [0.25, 0.3) is 5.91 Å². The van der Waals surface area contributed by atoms with Gasteiger partial charge in [-0.05, 0) is 31.0 Å².